The summed E-state index contributed by atoms with van der Waals surface area (Å²) in [5, 5.41) is 15.7. The molecule has 0 aromatic carbocycles. The molecule has 3 rings (SSSR count). The molecule has 22 heavy (non-hydrogen) atoms. The van der Waals surface area contributed by atoms with Crippen LogP contribution in [0.1, 0.15) is 0 Å². The molecule has 3 heterocycles. The zero-order valence-electron chi connectivity index (χ0n) is 11.5. The lowest BCUT2D eigenvalue weighted by molar-refractivity contribution is -0.147. The van der Waals surface area contributed by atoms with E-state index >= 15 is 0 Å². The smallest absolute Gasteiger partial charge is 0.352 e. The fourth-order valence-corrected chi connectivity index (χ4v) is 4.66. The summed E-state index contributed by atoms with van der Waals surface area (Å²) in [6.45, 7) is 0. The maximum absolute atomic E-state index is 11.8. The quantitative estimate of drug-likeness (QED) is 0.457. The molecule has 1 amide bonds. The van der Waals surface area contributed by atoms with E-state index in [1.54, 1.807) is 7.05 Å². The Hall–Kier alpha value is -1.72. The lowest BCUT2D eigenvalue weighted by atomic mass is 10.0. The Morgan fingerprint density at radius 2 is 2.32 bits per heavy atom. The Kier molecular flexibility index (Phi) is 3.78. The Balaban J connectivity index is 1.84. The van der Waals surface area contributed by atoms with E-state index in [1.165, 1.54) is 33.0 Å². The molecule has 0 radical (unpaired) electrons. The number of H-pyrrole nitrogens is 1. The third-order valence-corrected chi connectivity index (χ3v) is 5.98. The number of aromatic nitrogens is 3. The predicted octanol–water partition coefficient (Wildman–Crippen LogP) is -1.22. The van der Waals surface area contributed by atoms with Gasteiger partial charge in [-0.1, -0.05) is 11.8 Å². The van der Waals surface area contributed by atoms with Crippen LogP contribution in [0.2, 0.25) is 0 Å². The molecule has 0 saturated carbocycles. The van der Waals surface area contributed by atoms with Gasteiger partial charge in [0.1, 0.15) is 17.1 Å². The monoisotopic (exact) mass is 343 g/mol. The molecule has 0 bridgehead atoms. The number of thioether (sulfide) groups is 2. The molecular weight excluding hydrogens is 330 g/mol. The largest absolute Gasteiger partial charge is 0.477 e. The molecule has 2 aliphatic rings. The molecule has 0 aliphatic carbocycles. The first-order chi connectivity index (χ1) is 10.4. The molecule has 2 atom stereocenters. The Morgan fingerprint density at radius 1 is 1.59 bits per heavy atom. The standard InChI is InChI=1S/C11H13N5O4S2/c1-15-10(20)13-14-11(15)22-3-4-2-21-8-5(12)7(17)16(8)6(4)9(18)19/h5,8H,2-3,12H2,1H3,(H,13,20)(H,18,19)/t5?,8-/m1/s1. The van der Waals surface area contributed by atoms with Crippen molar-refractivity contribution in [3.05, 3.63) is 21.8 Å². The van der Waals surface area contributed by atoms with E-state index in [9.17, 15) is 19.5 Å². The van der Waals surface area contributed by atoms with Gasteiger partial charge in [-0.15, -0.1) is 16.9 Å². The minimum Gasteiger partial charge on any atom is -0.477 e. The summed E-state index contributed by atoms with van der Waals surface area (Å²) in [7, 11) is 1.57. The first kappa shape index (κ1) is 15.2. The number of aromatic amines is 1. The van der Waals surface area contributed by atoms with Crippen molar-refractivity contribution in [1.29, 1.82) is 0 Å². The zero-order chi connectivity index (χ0) is 16.0. The van der Waals surface area contributed by atoms with Crippen molar-refractivity contribution in [3.8, 4) is 0 Å². The van der Waals surface area contributed by atoms with Crippen molar-refractivity contribution in [3.63, 3.8) is 0 Å². The topological polar surface area (TPSA) is 134 Å². The summed E-state index contributed by atoms with van der Waals surface area (Å²) >= 11 is 2.69. The first-order valence-corrected chi connectivity index (χ1v) is 8.35. The molecule has 0 spiro atoms. The number of carboxylic acid groups (broad SMARTS) is 1. The van der Waals surface area contributed by atoms with E-state index in [-0.39, 0.29) is 22.7 Å². The third-order valence-electron chi connectivity index (χ3n) is 3.51. The molecule has 2 aliphatic heterocycles. The molecule has 1 aromatic rings. The number of hydrogen-bond donors (Lipinski definition) is 3. The summed E-state index contributed by atoms with van der Waals surface area (Å²) in [5.74, 6) is -0.700. The van der Waals surface area contributed by atoms with Crippen molar-refractivity contribution in [2.24, 2.45) is 12.8 Å². The van der Waals surface area contributed by atoms with Crippen LogP contribution in [0.25, 0.3) is 0 Å². The number of hydrogen-bond acceptors (Lipinski definition) is 7. The van der Waals surface area contributed by atoms with E-state index in [4.69, 9.17) is 5.73 Å². The van der Waals surface area contributed by atoms with Crippen LogP contribution in [0.4, 0.5) is 0 Å². The van der Waals surface area contributed by atoms with Gasteiger partial charge in [0.15, 0.2) is 5.16 Å². The Bertz CT molecular complexity index is 739. The number of fused-ring (bicyclic) bond motifs is 1. The highest BCUT2D eigenvalue weighted by molar-refractivity contribution is 8.01. The Morgan fingerprint density at radius 3 is 2.91 bits per heavy atom. The molecule has 1 unspecified atom stereocenters. The number of β-lactam (4-membered cyclic amide) rings is 1. The van der Waals surface area contributed by atoms with Gasteiger partial charge < -0.3 is 10.8 Å². The molecule has 118 valence electrons. The maximum atomic E-state index is 11.8. The molecule has 1 aromatic heterocycles. The van der Waals surface area contributed by atoms with Crippen LogP contribution >= 0.6 is 23.5 Å². The van der Waals surface area contributed by atoms with Gasteiger partial charge in [-0.3, -0.25) is 14.3 Å². The van der Waals surface area contributed by atoms with Gasteiger partial charge in [-0.2, -0.15) is 0 Å². The highest BCUT2D eigenvalue weighted by atomic mass is 32.2. The van der Waals surface area contributed by atoms with Crippen molar-refractivity contribution >= 4 is 35.4 Å². The first-order valence-electron chi connectivity index (χ1n) is 6.31. The molecule has 11 heteroatoms. The lowest BCUT2D eigenvalue weighted by Gasteiger charge is -2.48. The van der Waals surface area contributed by atoms with Gasteiger partial charge >= 0.3 is 11.7 Å². The number of carbonyl (C=O) groups is 2. The minimum atomic E-state index is -1.14. The van der Waals surface area contributed by atoms with Crippen LogP contribution in [0, 0.1) is 0 Å². The third kappa shape index (κ3) is 2.25. The second-order valence-corrected chi connectivity index (χ2v) is 6.90. The van der Waals surface area contributed by atoms with E-state index in [1.807, 2.05) is 0 Å². The average Bonchev–Trinajstić information content (AvgIpc) is 2.82. The van der Waals surface area contributed by atoms with Gasteiger partial charge in [0, 0.05) is 18.6 Å². The number of amides is 1. The van der Waals surface area contributed by atoms with Crippen LogP contribution in [-0.4, -0.2) is 59.6 Å². The summed E-state index contributed by atoms with van der Waals surface area (Å²) in [4.78, 5) is 35.9. The SMILES string of the molecule is Cn1c(SCC2=C(C(=O)O)N3C(=O)C(N)[C@H]3SC2)n[nH]c1=O. The van der Waals surface area contributed by atoms with Crippen LogP contribution in [0.5, 0.6) is 0 Å². The molecule has 1 saturated heterocycles. The molecular formula is C11H13N5O4S2. The summed E-state index contributed by atoms with van der Waals surface area (Å²) in [5.41, 5.74) is 5.97. The number of rotatable bonds is 4. The van der Waals surface area contributed by atoms with E-state index in [0.717, 1.165) is 0 Å². The second-order valence-electron chi connectivity index (χ2n) is 4.85. The predicted molar refractivity (Wildman–Crippen MR) is 80.3 cm³/mol. The van der Waals surface area contributed by atoms with E-state index in [2.05, 4.69) is 10.2 Å². The number of nitrogens with one attached hydrogen (secondary N) is 1. The van der Waals surface area contributed by atoms with Gasteiger partial charge in [0.25, 0.3) is 0 Å². The number of nitrogens with zero attached hydrogens (tertiary/aromatic N) is 3. The van der Waals surface area contributed by atoms with Gasteiger partial charge in [-0.05, 0) is 5.57 Å². The molecule has 9 nitrogen and oxygen atoms in total. The average molecular weight is 343 g/mol. The van der Waals surface area contributed by atoms with Crippen molar-refractivity contribution in [1.82, 2.24) is 19.7 Å². The number of carbonyl (C=O) groups excluding carboxylic acids is 1. The normalized spacial score (nSPS) is 24.3. The van der Waals surface area contributed by atoms with Crippen molar-refractivity contribution in [2.75, 3.05) is 11.5 Å². The van der Waals surface area contributed by atoms with Gasteiger partial charge in [-0.25, -0.2) is 14.7 Å². The van der Waals surface area contributed by atoms with Crippen LogP contribution in [0.3, 0.4) is 0 Å². The number of carboxylic acids is 1. The highest BCUT2D eigenvalue weighted by Crippen LogP contribution is 2.40. The number of aliphatic carboxylic acids is 1. The second kappa shape index (κ2) is 5.48. The van der Waals surface area contributed by atoms with Gasteiger partial charge in [0.05, 0.1) is 0 Å². The summed E-state index contributed by atoms with van der Waals surface area (Å²) in [6.07, 6.45) is 0. The van der Waals surface area contributed by atoms with Crippen molar-refractivity contribution in [2.45, 2.75) is 16.6 Å². The van der Waals surface area contributed by atoms with E-state index < -0.39 is 12.0 Å². The maximum Gasteiger partial charge on any atom is 0.352 e. The molecule has 1 fully saturated rings. The zero-order valence-corrected chi connectivity index (χ0v) is 13.1. The van der Waals surface area contributed by atoms with Crippen molar-refractivity contribution < 1.29 is 14.7 Å². The fourth-order valence-electron chi connectivity index (χ4n) is 2.30. The van der Waals surface area contributed by atoms with Crippen LogP contribution in [0.15, 0.2) is 21.2 Å². The highest BCUT2D eigenvalue weighted by Gasteiger charge is 2.51. The van der Waals surface area contributed by atoms with Crippen LogP contribution in [-0.2, 0) is 16.6 Å². The summed E-state index contributed by atoms with van der Waals surface area (Å²) in [6, 6.07) is -0.638. The minimum absolute atomic E-state index is 0.00323. The summed E-state index contributed by atoms with van der Waals surface area (Å²) < 4.78 is 1.34. The Labute approximate surface area is 132 Å². The van der Waals surface area contributed by atoms with Gasteiger partial charge in [0.2, 0.25) is 5.91 Å². The van der Waals surface area contributed by atoms with Crippen LogP contribution < -0.4 is 11.4 Å². The lowest BCUT2D eigenvalue weighted by Crippen LogP contribution is -2.68. The fraction of sp³-hybridized carbons (Fsp3) is 0.455. The van der Waals surface area contributed by atoms with E-state index in [0.29, 0.717) is 22.2 Å². The number of nitrogens with two attached hydrogens (primary N) is 1. The molecule has 4 N–H and O–H groups in total.